The lowest BCUT2D eigenvalue weighted by atomic mass is 10.2. The number of fused-ring (bicyclic) bond motifs is 1. The van der Waals surface area contributed by atoms with Crippen molar-refractivity contribution in [1.29, 1.82) is 0 Å². The van der Waals surface area contributed by atoms with Gasteiger partial charge in [0.2, 0.25) is 0 Å². The van der Waals surface area contributed by atoms with Gasteiger partial charge in [0.25, 0.3) is 11.5 Å². The zero-order chi connectivity index (χ0) is 24.4. The number of thiophene rings is 1. The van der Waals surface area contributed by atoms with Gasteiger partial charge in [-0.25, -0.2) is 8.78 Å². The topological polar surface area (TPSA) is 76.0 Å². The standard InChI is InChI=1S/C26H18F2N4O2S/c27-18-4-1-16(2-5-18)14-30-26(34)17-3-8-24(33)32(15-17)19-6-7-21(20(28)13-19)31-23-9-11-29-22-10-12-35-25(22)23/h1-13,15H,14H2,(H,29,31)(H,30,34). The van der Waals surface area contributed by atoms with Crippen molar-refractivity contribution >= 4 is 38.8 Å². The largest absolute Gasteiger partial charge is 0.352 e. The minimum atomic E-state index is -0.554. The average molecular weight is 489 g/mol. The molecule has 0 saturated heterocycles. The number of halogens is 2. The van der Waals surface area contributed by atoms with Crippen LogP contribution in [0.5, 0.6) is 0 Å². The molecule has 1 amide bonds. The van der Waals surface area contributed by atoms with Gasteiger partial charge >= 0.3 is 0 Å². The minimum Gasteiger partial charge on any atom is -0.352 e. The third-order valence-corrected chi connectivity index (χ3v) is 6.32. The van der Waals surface area contributed by atoms with Gasteiger partial charge < -0.3 is 10.6 Å². The quantitative estimate of drug-likeness (QED) is 0.336. The molecule has 5 aromatic rings. The SMILES string of the molecule is O=C(NCc1ccc(F)cc1)c1ccc(=O)n(-c2ccc(Nc3ccnc4ccsc34)c(F)c2)c1. The third-order valence-electron chi connectivity index (χ3n) is 5.38. The van der Waals surface area contributed by atoms with Gasteiger partial charge in [-0.2, -0.15) is 0 Å². The molecule has 35 heavy (non-hydrogen) atoms. The van der Waals surface area contributed by atoms with Crippen molar-refractivity contribution in [3.05, 3.63) is 118 Å². The maximum absolute atomic E-state index is 15.0. The average Bonchev–Trinajstić information content (AvgIpc) is 3.35. The Morgan fingerprint density at radius 1 is 0.971 bits per heavy atom. The molecule has 174 valence electrons. The molecule has 9 heteroatoms. The number of amides is 1. The van der Waals surface area contributed by atoms with Gasteiger partial charge in [-0.15, -0.1) is 11.3 Å². The summed E-state index contributed by atoms with van der Waals surface area (Å²) in [5, 5.41) is 7.72. The van der Waals surface area contributed by atoms with Crippen LogP contribution in [0.4, 0.5) is 20.2 Å². The summed E-state index contributed by atoms with van der Waals surface area (Å²) in [5.74, 6) is -1.33. The highest BCUT2D eigenvalue weighted by atomic mass is 32.1. The number of aromatic nitrogens is 2. The van der Waals surface area contributed by atoms with E-state index >= 15 is 0 Å². The number of hydrogen-bond donors (Lipinski definition) is 2. The molecular weight excluding hydrogens is 470 g/mol. The molecule has 5 rings (SSSR count). The lowest BCUT2D eigenvalue weighted by molar-refractivity contribution is 0.0950. The maximum Gasteiger partial charge on any atom is 0.255 e. The Kier molecular flexibility index (Phi) is 6.07. The molecule has 0 atom stereocenters. The molecule has 0 unspecified atom stereocenters. The van der Waals surface area contributed by atoms with E-state index in [0.29, 0.717) is 0 Å². The zero-order valence-electron chi connectivity index (χ0n) is 18.2. The number of pyridine rings is 2. The van der Waals surface area contributed by atoms with E-state index in [9.17, 15) is 18.4 Å². The summed E-state index contributed by atoms with van der Waals surface area (Å²) in [4.78, 5) is 29.3. The Hall–Kier alpha value is -4.37. The molecule has 0 saturated carbocycles. The number of nitrogens with zero attached hydrogens (tertiary/aromatic N) is 2. The highest BCUT2D eigenvalue weighted by molar-refractivity contribution is 7.17. The molecule has 0 radical (unpaired) electrons. The van der Waals surface area contributed by atoms with E-state index < -0.39 is 17.3 Å². The summed E-state index contributed by atoms with van der Waals surface area (Å²) >= 11 is 1.50. The van der Waals surface area contributed by atoms with Crippen molar-refractivity contribution in [2.24, 2.45) is 0 Å². The predicted molar refractivity (Wildman–Crippen MR) is 132 cm³/mol. The van der Waals surface area contributed by atoms with E-state index in [4.69, 9.17) is 0 Å². The lowest BCUT2D eigenvalue weighted by Gasteiger charge is -2.12. The molecule has 3 aromatic heterocycles. The van der Waals surface area contributed by atoms with Gasteiger partial charge in [0.1, 0.15) is 11.6 Å². The summed E-state index contributed by atoms with van der Waals surface area (Å²) in [6.45, 7) is 0.194. The molecule has 0 aliphatic heterocycles. The van der Waals surface area contributed by atoms with Crippen LogP contribution < -0.4 is 16.2 Å². The van der Waals surface area contributed by atoms with Gasteiger partial charge in [-0.3, -0.25) is 19.1 Å². The number of anilines is 2. The fourth-order valence-electron chi connectivity index (χ4n) is 3.58. The molecule has 6 nitrogen and oxygen atoms in total. The van der Waals surface area contributed by atoms with Crippen LogP contribution in [0, 0.1) is 11.6 Å². The molecule has 2 aromatic carbocycles. The highest BCUT2D eigenvalue weighted by Gasteiger charge is 2.12. The first-order valence-electron chi connectivity index (χ1n) is 10.6. The molecule has 0 fully saturated rings. The van der Waals surface area contributed by atoms with Crippen LogP contribution in [-0.2, 0) is 6.54 Å². The van der Waals surface area contributed by atoms with Crippen molar-refractivity contribution in [3.8, 4) is 5.69 Å². The molecule has 3 heterocycles. The second kappa shape index (κ2) is 9.47. The smallest absolute Gasteiger partial charge is 0.255 e. The van der Waals surface area contributed by atoms with Gasteiger partial charge in [0, 0.05) is 31.1 Å². The van der Waals surface area contributed by atoms with E-state index in [-0.39, 0.29) is 29.3 Å². The summed E-state index contributed by atoms with van der Waals surface area (Å²) in [6.07, 6.45) is 3.01. The van der Waals surface area contributed by atoms with Crippen LogP contribution in [0.1, 0.15) is 15.9 Å². The Bertz CT molecular complexity index is 1600. The van der Waals surface area contributed by atoms with E-state index in [1.165, 1.54) is 58.5 Å². The fraction of sp³-hybridized carbons (Fsp3) is 0.0385. The highest BCUT2D eigenvalue weighted by Crippen LogP contribution is 2.30. The second-order valence-electron chi connectivity index (χ2n) is 7.72. The predicted octanol–water partition coefficient (Wildman–Crippen LogP) is 5.40. The number of nitrogens with one attached hydrogen (secondary N) is 2. The van der Waals surface area contributed by atoms with Gasteiger partial charge in [-0.1, -0.05) is 12.1 Å². The van der Waals surface area contributed by atoms with Crippen LogP contribution in [0.3, 0.4) is 0 Å². The zero-order valence-corrected chi connectivity index (χ0v) is 19.0. The van der Waals surface area contributed by atoms with E-state index in [1.807, 2.05) is 11.4 Å². The van der Waals surface area contributed by atoms with Crippen molar-refractivity contribution in [3.63, 3.8) is 0 Å². The molecule has 0 aliphatic carbocycles. The molecule has 2 N–H and O–H groups in total. The Labute approximate surface area is 202 Å². The van der Waals surface area contributed by atoms with Crippen LogP contribution in [-0.4, -0.2) is 15.5 Å². The number of rotatable bonds is 6. The van der Waals surface area contributed by atoms with Crippen LogP contribution in [0.2, 0.25) is 0 Å². The van der Waals surface area contributed by atoms with E-state index in [2.05, 4.69) is 15.6 Å². The third kappa shape index (κ3) is 4.80. The Balaban J connectivity index is 1.36. The molecule has 0 aliphatic rings. The molecule has 0 bridgehead atoms. The van der Waals surface area contributed by atoms with Gasteiger partial charge in [0.05, 0.1) is 32.8 Å². The lowest BCUT2D eigenvalue weighted by Crippen LogP contribution is -2.26. The Morgan fingerprint density at radius 3 is 2.60 bits per heavy atom. The fourth-order valence-corrected chi connectivity index (χ4v) is 4.40. The summed E-state index contributed by atoms with van der Waals surface area (Å²) < 4.78 is 30.2. The van der Waals surface area contributed by atoms with E-state index in [1.54, 1.807) is 30.5 Å². The van der Waals surface area contributed by atoms with Crippen molar-refractivity contribution < 1.29 is 13.6 Å². The summed E-state index contributed by atoms with van der Waals surface area (Å²) in [7, 11) is 0. The van der Waals surface area contributed by atoms with Crippen LogP contribution >= 0.6 is 11.3 Å². The van der Waals surface area contributed by atoms with Crippen LogP contribution in [0.25, 0.3) is 15.9 Å². The van der Waals surface area contributed by atoms with Gasteiger partial charge in [-0.05, 0) is 53.4 Å². The minimum absolute atomic E-state index is 0.194. The molecule has 0 spiro atoms. The first kappa shape index (κ1) is 22.4. The first-order chi connectivity index (χ1) is 17.0. The first-order valence-corrected chi connectivity index (χ1v) is 11.5. The Morgan fingerprint density at radius 2 is 1.80 bits per heavy atom. The monoisotopic (exact) mass is 488 g/mol. The number of benzene rings is 2. The maximum atomic E-state index is 15.0. The van der Waals surface area contributed by atoms with Gasteiger partial charge in [0.15, 0.2) is 0 Å². The molecular formula is C26H18F2N4O2S. The van der Waals surface area contributed by atoms with Crippen LogP contribution in [0.15, 0.2) is 89.3 Å². The number of carbonyl (C=O) groups is 1. The normalized spacial score (nSPS) is 10.9. The van der Waals surface area contributed by atoms with Crippen molar-refractivity contribution in [2.75, 3.05) is 5.32 Å². The van der Waals surface area contributed by atoms with E-state index in [0.717, 1.165) is 21.5 Å². The summed E-state index contributed by atoms with van der Waals surface area (Å²) in [5.41, 5.74) is 2.62. The number of hydrogen-bond acceptors (Lipinski definition) is 5. The van der Waals surface area contributed by atoms with Crippen molar-refractivity contribution in [1.82, 2.24) is 14.9 Å². The van der Waals surface area contributed by atoms with Crippen molar-refractivity contribution in [2.45, 2.75) is 6.54 Å². The summed E-state index contributed by atoms with van der Waals surface area (Å²) in [6, 6.07) is 16.5. The number of carbonyl (C=O) groups excluding carboxylic acids is 1. The second-order valence-corrected chi connectivity index (χ2v) is 8.63.